The Balaban J connectivity index is 2.39. The van der Waals surface area contributed by atoms with E-state index in [-0.39, 0.29) is 11.6 Å². The van der Waals surface area contributed by atoms with Crippen LogP contribution in [0.2, 0.25) is 0 Å². The zero-order chi connectivity index (χ0) is 14.0. The second kappa shape index (κ2) is 4.76. The van der Waals surface area contributed by atoms with Crippen molar-refractivity contribution >= 4 is 22.3 Å². The number of benzene rings is 2. The van der Waals surface area contributed by atoms with E-state index in [1.807, 2.05) is 12.1 Å². The van der Waals surface area contributed by atoms with E-state index in [1.54, 1.807) is 18.2 Å². The molecule has 0 bridgehead atoms. The minimum absolute atomic E-state index is 0.163. The van der Waals surface area contributed by atoms with Crippen molar-refractivity contribution in [1.82, 2.24) is 0 Å². The van der Waals surface area contributed by atoms with Gasteiger partial charge in [-0.25, -0.2) is 0 Å². The van der Waals surface area contributed by atoms with Gasteiger partial charge in [0.25, 0.3) is 5.78 Å². The Hall–Kier alpha value is -2.30. The lowest BCUT2D eigenvalue weighted by Crippen LogP contribution is -2.20. The summed E-state index contributed by atoms with van der Waals surface area (Å²) < 4.78 is 36.2. The molecule has 19 heavy (non-hydrogen) atoms. The summed E-state index contributed by atoms with van der Waals surface area (Å²) in [6.45, 7) is 0. The lowest BCUT2D eigenvalue weighted by molar-refractivity contribution is -0.165. The number of fused-ring (bicyclic) bond motifs is 1. The van der Waals surface area contributed by atoms with Gasteiger partial charge in [0.1, 0.15) is 5.76 Å². The zero-order valence-corrected chi connectivity index (χ0v) is 9.61. The molecule has 0 heterocycles. The minimum Gasteiger partial charge on any atom is -0.507 e. The first kappa shape index (κ1) is 13.1. The third-order valence-electron chi connectivity index (χ3n) is 2.59. The van der Waals surface area contributed by atoms with Gasteiger partial charge in [0.05, 0.1) is 0 Å². The van der Waals surface area contributed by atoms with Crippen LogP contribution in [0.15, 0.2) is 48.5 Å². The molecule has 0 unspecified atom stereocenters. The zero-order valence-electron chi connectivity index (χ0n) is 9.61. The fraction of sp³-hybridized carbons (Fsp3) is 0.0714. The standard InChI is InChI=1S/C14H9F3O2/c15-14(16,17)13(19)8-12(18)11-6-5-9-3-1-2-4-10(9)7-11/h1-8,18H/b12-8-. The maximum absolute atomic E-state index is 12.1. The van der Waals surface area contributed by atoms with Gasteiger partial charge in [-0.3, -0.25) is 4.79 Å². The Morgan fingerprint density at radius 3 is 2.32 bits per heavy atom. The van der Waals surface area contributed by atoms with E-state index < -0.39 is 17.7 Å². The molecule has 0 spiro atoms. The van der Waals surface area contributed by atoms with Gasteiger partial charge in [0.2, 0.25) is 0 Å². The van der Waals surface area contributed by atoms with E-state index in [0.29, 0.717) is 0 Å². The van der Waals surface area contributed by atoms with Crippen molar-refractivity contribution in [3.05, 3.63) is 54.1 Å². The number of hydrogen-bond acceptors (Lipinski definition) is 2. The predicted molar refractivity (Wildman–Crippen MR) is 65.6 cm³/mol. The molecule has 0 aliphatic rings. The quantitative estimate of drug-likeness (QED) is 0.661. The first-order chi connectivity index (χ1) is 8.88. The van der Waals surface area contributed by atoms with Crippen LogP contribution in [0.4, 0.5) is 13.2 Å². The molecule has 0 saturated heterocycles. The maximum atomic E-state index is 12.1. The summed E-state index contributed by atoms with van der Waals surface area (Å²) in [5.74, 6) is -2.79. The minimum atomic E-state index is -4.98. The molecule has 2 rings (SSSR count). The summed E-state index contributed by atoms with van der Waals surface area (Å²) in [4.78, 5) is 10.8. The summed E-state index contributed by atoms with van der Waals surface area (Å²) in [7, 11) is 0. The fourth-order valence-corrected chi connectivity index (χ4v) is 1.64. The Kier molecular flexibility index (Phi) is 3.29. The maximum Gasteiger partial charge on any atom is 0.454 e. The van der Waals surface area contributed by atoms with Gasteiger partial charge >= 0.3 is 6.18 Å². The molecule has 0 radical (unpaired) electrons. The Bertz CT molecular complexity index is 657. The van der Waals surface area contributed by atoms with Crippen LogP contribution in [0.3, 0.4) is 0 Å². The van der Waals surface area contributed by atoms with Crippen molar-refractivity contribution in [3.8, 4) is 0 Å². The van der Waals surface area contributed by atoms with Crippen molar-refractivity contribution < 1.29 is 23.1 Å². The van der Waals surface area contributed by atoms with E-state index in [2.05, 4.69) is 0 Å². The van der Waals surface area contributed by atoms with Crippen LogP contribution in [0, 0.1) is 0 Å². The van der Waals surface area contributed by atoms with E-state index in [0.717, 1.165) is 10.8 Å². The molecule has 0 fully saturated rings. The summed E-state index contributed by atoms with van der Waals surface area (Å²) in [5, 5.41) is 11.2. The highest BCUT2D eigenvalue weighted by atomic mass is 19.4. The molecule has 2 nitrogen and oxygen atoms in total. The number of carbonyl (C=O) groups excluding carboxylic acids is 1. The van der Waals surface area contributed by atoms with Gasteiger partial charge in [-0.2, -0.15) is 13.2 Å². The van der Waals surface area contributed by atoms with Crippen LogP contribution >= 0.6 is 0 Å². The summed E-state index contributed by atoms with van der Waals surface area (Å²) >= 11 is 0. The van der Waals surface area contributed by atoms with Crippen LogP contribution in [0.5, 0.6) is 0 Å². The van der Waals surface area contributed by atoms with Crippen LogP contribution in [-0.2, 0) is 4.79 Å². The van der Waals surface area contributed by atoms with Gasteiger partial charge in [-0.15, -0.1) is 0 Å². The Labute approximate surface area is 106 Å². The van der Waals surface area contributed by atoms with Crippen molar-refractivity contribution in [2.45, 2.75) is 6.18 Å². The summed E-state index contributed by atoms with van der Waals surface area (Å²) in [6, 6.07) is 11.8. The topological polar surface area (TPSA) is 37.3 Å². The Morgan fingerprint density at radius 2 is 1.68 bits per heavy atom. The molecule has 0 aromatic heterocycles. The average Bonchev–Trinajstić information content (AvgIpc) is 2.37. The third-order valence-corrected chi connectivity index (χ3v) is 2.59. The highest BCUT2D eigenvalue weighted by Crippen LogP contribution is 2.22. The van der Waals surface area contributed by atoms with E-state index in [1.165, 1.54) is 12.1 Å². The third kappa shape index (κ3) is 2.93. The number of aliphatic hydroxyl groups excluding tert-OH is 1. The molecule has 0 aliphatic heterocycles. The molecule has 2 aromatic carbocycles. The van der Waals surface area contributed by atoms with Crippen LogP contribution < -0.4 is 0 Å². The molecule has 1 N–H and O–H groups in total. The van der Waals surface area contributed by atoms with E-state index >= 15 is 0 Å². The summed E-state index contributed by atoms with van der Waals surface area (Å²) in [5.41, 5.74) is 0.163. The number of allylic oxidation sites excluding steroid dienone is 1. The first-order valence-corrected chi connectivity index (χ1v) is 5.39. The number of rotatable bonds is 2. The lowest BCUT2D eigenvalue weighted by Gasteiger charge is -2.04. The number of ketones is 1. The Morgan fingerprint density at radius 1 is 1.05 bits per heavy atom. The van der Waals surface area contributed by atoms with Crippen molar-refractivity contribution in [2.24, 2.45) is 0 Å². The van der Waals surface area contributed by atoms with Gasteiger partial charge in [-0.05, 0) is 16.8 Å². The molecular formula is C14H9F3O2. The number of carbonyl (C=O) groups is 1. The highest BCUT2D eigenvalue weighted by molar-refractivity contribution is 5.99. The summed E-state index contributed by atoms with van der Waals surface area (Å²) in [6.07, 6.45) is -4.80. The highest BCUT2D eigenvalue weighted by Gasteiger charge is 2.36. The number of halogens is 3. The fourth-order valence-electron chi connectivity index (χ4n) is 1.64. The molecular weight excluding hydrogens is 257 g/mol. The van der Waals surface area contributed by atoms with Gasteiger partial charge < -0.3 is 5.11 Å². The molecule has 0 atom stereocenters. The first-order valence-electron chi connectivity index (χ1n) is 5.39. The van der Waals surface area contributed by atoms with Crippen LogP contribution in [0.1, 0.15) is 5.56 Å². The number of aliphatic hydroxyl groups is 1. The van der Waals surface area contributed by atoms with Crippen molar-refractivity contribution in [2.75, 3.05) is 0 Å². The number of hydrogen-bond donors (Lipinski definition) is 1. The smallest absolute Gasteiger partial charge is 0.454 e. The van der Waals surface area contributed by atoms with E-state index in [9.17, 15) is 23.1 Å². The largest absolute Gasteiger partial charge is 0.507 e. The SMILES string of the molecule is O=C(/C=C(\O)c1ccc2ccccc2c1)C(F)(F)F. The number of alkyl halides is 3. The van der Waals surface area contributed by atoms with Crippen molar-refractivity contribution in [3.63, 3.8) is 0 Å². The van der Waals surface area contributed by atoms with Crippen LogP contribution in [0.25, 0.3) is 16.5 Å². The molecule has 5 heteroatoms. The molecule has 0 aliphatic carbocycles. The van der Waals surface area contributed by atoms with Gasteiger partial charge in [0.15, 0.2) is 0 Å². The second-order valence-corrected chi connectivity index (χ2v) is 3.95. The van der Waals surface area contributed by atoms with E-state index in [4.69, 9.17) is 0 Å². The van der Waals surface area contributed by atoms with Crippen molar-refractivity contribution in [1.29, 1.82) is 0 Å². The normalized spacial score (nSPS) is 12.7. The van der Waals surface area contributed by atoms with Gasteiger partial charge in [-0.1, -0.05) is 36.4 Å². The predicted octanol–water partition coefficient (Wildman–Crippen LogP) is 3.87. The lowest BCUT2D eigenvalue weighted by atomic mass is 10.1. The molecule has 98 valence electrons. The van der Waals surface area contributed by atoms with Gasteiger partial charge in [0, 0.05) is 11.6 Å². The second-order valence-electron chi connectivity index (χ2n) is 3.95. The molecule has 0 amide bonds. The molecule has 0 saturated carbocycles. The van der Waals surface area contributed by atoms with Crippen LogP contribution in [-0.4, -0.2) is 17.1 Å². The molecule has 2 aromatic rings. The average molecular weight is 266 g/mol. The monoisotopic (exact) mass is 266 g/mol.